The van der Waals surface area contributed by atoms with Crippen molar-refractivity contribution in [1.29, 1.82) is 0 Å². The fraction of sp³-hybridized carbons (Fsp3) is 0.556. The molecule has 0 bridgehead atoms. The predicted molar refractivity (Wildman–Crippen MR) is 103 cm³/mol. The molecule has 0 radical (unpaired) electrons. The summed E-state index contributed by atoms with van der Waals surface area (Å²) in [5.74, 6) is -2.72. The number of benzene rings is 1. The van der Waals surface area contributed by atoms with Gasteiger partial charge in [0.15, 0.2) is 0 Å². The second-order valence-electron chi connectivity index (χ2n) is 7.72. The van der Waals surface area contributed by atoms with Crippen LogP contribution in [0.1, 0.15) is 12.2 Å². The fourth-order valence-electron chi connectivity index (χ4n) is 3.91. The maximum absolute atomic E-state index is 14.0. The van der Waals surface area contributed by atoms with Gasteiger partial charge in [0, 0.05) is 38.5 Å². The number of hydrogen-bond donors (Lipinski definition) is 2. The molecule has 4 rings (SSSR count). The number of carbonyl (C=O) groups excluding carboxylic acids is 1. The lowest BCUT2D eigenvalue weighted by atomic mass is 10.1. The molecule has 2 aliphatic heterocycles. The van der Waals surface area contributed by atoms with Crippen LogP contribution in [0.15, 0.2) is 24.3 Å². The van der Waals surface area contributed by atoms with Gasteiger partial charge in [-0.3, -0.25) is 9.69 Å². The largest absolute Gasteiger partial charge is 0.354 e. The van der Waals surface area contributed by atoms with E-state index in [0.717, 1.165) is 17.3 Å². The molecule has 1 atom stereocenters. The number of nitrogens with zero attached hydrogens (tertiary/aromatic N) is 3. The first kappa shape index (κ1) is 20.2. The van der Waals surface area contributed by atoms with Crippen LogP contribution in [0.2, 0.25) is 0 Å². The summed E-state index contributed by atoms with van der Waals surface area (Å²) in [7, 11) is -3.34. The number of imidazole rings is 1. The number of likely N-dealkylation sites (tertiary alicyclic amines) is 1. The van der Waals surface area contributed by atoms with E-state index in [0.29, 0.717) is 12.2 Å². The number of aromatic amines is 1. The number of para-hydroxylation sites is 2. The normalized spacial score (nSPS) is 23.3. The Morgan fingerprint density at radius 3 is 2.76 bits per heavy atom. The number of amides is 1. The zero-order chi connectivity index (χ0) is 20.8. The number of carbonyl (C=O) groups is 1. The molecular formula is C18H23F2N5O3S. The maximum Gasteiger partial charge on any atom is 0.262 e. The number of fused-ring (bicyclic) bond motifs is 1. The molecule has 2 aliphatic rings. The molecule has 8 nitrogen and oxygen atoms in total. The molecule has 0 spiro atoms. The van der Waals surface area contributed by atoms with Crippen LogP contribution in [-0.2, 0) is 21.2 Å². The maximum atomic E-state index is 14.0. The van der Waals surface area contributed by atoms with E-state index in [1.54, 1.807) is 0 Å². The van der Waals surface area contributed by atoms with Gasteiger partial charge >= 0.3 is 0 Å². The molecule has 2 fully saturated rings. The second kappa shape index (κ2) is 7.29. The Bertz CT molecular complexity index is 986. The third-order valence-corrected chi connectivity index (χ3v) is 6.71. The Kier molecular flexibility index (Phi) is 5.07. The van der Waals surface area contributed by atoms with Crippen molar-refractivity contribution in [2.24, 2.45) is 0 Å². The lowest BCUT2D eigenvalue weighted by Gasteiger charge is -2.44. The van der Waals surface area contributed by atoms with E-state index in [1.807, 2.05) is 24.3 Å². The minimum absolute atomic E-state index is 0.137. The lowest BCUT2D eigenvalue weighted by molar-refractivity contribution is -0.127. The first-order valence-electron chi connectivity index (χ1n) is 9.42. The highest BCUT2D eigenvalue weighted by Gasteiger charge is 2.52. The summed E-state index contributed by atoms with van der Waals surface area (Å²) in [6, 6.07) is 6.23. The van der Waals surface area contributed by atoms with Crippen molar-refractivity contribution >= 4 is 27.0 Å². The van der Waals surface area contributed by atoms with Gasteiger partial charge in [-0.05, 0) is 12.1 Å². The first-order valence-corrected chi connectivity index (χ1v) is 11.3. The average Bonchev–Trinajstić information content (AvgIpc) is 3.12. The van der Waals surface area contributed by atoms with Crippen molar-refractivity contribution in [2.45, 2.75) is 30.8 Å². The summed E-state index contributed by atoms with van der Waals surface area (Å²) < 4.78 is 52.3. The Balaban J connectivity index is 1.34. The van der Waals surface area contributed by atoms with Crippen molar-refractivity contribution in [3.63, 3.8) is 0 Å². The Hall–Kier alpha value is -2.11. The minimum atomic E-state index is -3.34. The van der Waals surface area contributed by atoms with Gasteiger partial charge < -0.3 is 10.3 Å². The van der Waals surface area contributed by atoms with E-state index >= 15 is 0 Å². The van der Waals surface area contributed by atoms with Gasteiger partial charge in [-0.15, -0.1) is 0 Å². The monoisotopic (exact) mass is 427 g/mol. The van der Waals surface area contributed by atoms with Gasteiger partial charge in [0.1, 0.15) is 5.82 Å². The zero-order valence-corrected chi connectivity index (χ0v) is 16.8. The van der Waals surface area contributed by atoms with E-state index in [-0.39, 0.29) is 25.7 Å². The number of rotatable bonds is 6. The molecule has 158 valence electrons. The minimum Gasteiger partial charge on any atom is -0.354 e. The quantitative estimate of drug-likeness (QED) is 0.703. The first-order chi connectivity index (χ1) is 13.6. The molecule has 0 saturated carbocycles. The standard InChI is InChI=1S/C18H23F2N5O3S/c1-29(27,28)24-9-12(10-24)25-11-18(19,20)8-15(25)17(26)21-7-6-16-22-13-4-2-3-5-14(13)23-16/h2-5,12,15H,6-11H2,1H3,(H,21,26)(H,22,23)/t15-/m0/s1. The van der Waals surface area contributed by atoms with Crippen molar-refractivity contribution in [3.05, 3.63) is 30.1 Å². The molecule has 0 aliphatic carbocycles. The molecule has 11 heteroatoms. The van der Waals surface area contributed by atoms with Gasteiger partial charge in [0.05, 0.1) is 29.9 Å². The van der Waals surface area contributed by atoms with Gasteiger partial charge in [-0.1, -0.05) is 12.1 Å². The summed E-state index contributed by atoms with van der Waals surface area (Å²) >= 11 is 0. The molecular weight excluding hydrogens is 404 g/mol. The third kappa shape index (κ3) is 4.26. The molecule has 2 N–H and O–H groups in total. The van der Waals surface area contributed by atoms with Gasteiger partial charge in [0.2, 0.25) is 15.9 Å². The Morgan fingerprint density at radius 2 is 2.07 bits per heavy atom. The summed E-state index contributed by atoms with van der Waals surface area (Å²) in [6.07, 6.45) is 0.984. The van der Waals surface area contributed by atoms with Crippen molar-refractivity contribution in [2.75, 3.05) is 32.4 Å². The van der Waals surface area contributed by atoms with Crippen molar-refractivity contribution in [3.8, 4) is 0 Å². The Labute approximate surface area is 167 Å². The highest BCUT2D eigenvalue weighted by molar-refractivity contribution is 7.88. The molecule has 29 heavy (non-hydrogen) atoms. The Morgan fingerprint density at radius 1 is 1.34 bits per heavy atom. The van der Waals surface area contributed by atoms with Gasteiger partial charge in [0.25, 0.3) is 5.92 Å². The topological polar surface area (TPSA) is 98.4 Å². The van der Waals surface area contributed by atoms with E-state index in [9.17, 15) is 22.0 Å². The van der Waals surface area contributed by atoms with Gasteiger partial charge in [-0.25, -0.2) is 22.2 Å². The van der Waals surface area contributed by atoms with Crippen molar-refractivity contribution < 1.29 is 22.0 Å². The summed E-state index contributed by atoms with van der Waals surface area (Å²) in [5, 5.41) is 2.72. The van der Waals surface area contributed by atoms with E-state index < -0.39 is 40.9 Å². The number of sulfonamides is 1. The number of nitrogens with one attached hydrogen (secondary N) is 2. The number of H-pyrrole nitrogens is 1. The van der Waals surface area contributed by atoms with Gasteiger partial charge in [-0.2, -0.15) is 4.31 Å². The summed E-state index contributed by atoms with van der Waals surface area (Å²) in [5.41, 5.74) is 1.73. The number of hydrogen-bond acceptors (Lipinski definition) is 5. The van der Waals surface area contributed by atoms with Crippen LogP contribution in [0, 0.1) is 0 Å². The smallest absolute Gasteiger partial charge is 0.262 e. The predicted octanol–water partition coefficient (Wildman–Crippen LogP) is 0.575. The lowest BCUT2D eigenvalue weighted by Crippen LogP contribution is -2.63. The van der Waals surface area contributed by atoms with E-state index in [2.05, 4.69) is 15.3 Å². The average molecular weight is 427 g/mol. The second-order valence-corrected chi connectivity index (χ2v) is 9.71. The fourth-order valence-corrected chi connectivity index (χ4v) is 4.80. The molecule has 1 aromatic heterocycles. The van der Waals surface area contributed by atoms with Crippen LogP contribution in [0.25, 0.3) is 11.0 Å². The number of halogens is 2. The van der Waals surface area contributed by atoms with Crippen LogP contribution in [0.3, 0.4) is 0 Å². The SMILES string of the molecule is CS(=O)(=O)N1CC(N2CC(F)(F)C[C@H]2C(=O)NCCc2nc3ccccc3[nH]2)C1. The molecule has 2 aromatic rings. The van der Waals surface area contributed by atoms with E-state index in [1.165, 1.54) is 9.21 Å². The van der Waals surface area contributed by atoms with E-state index in [4.69, 9.17) is 0 Å². The third-order valence-electron chi connectivity index (χ3n) is 5.48. The zero-order valence-electron chi connectivity index (χ0n) is 15.9. The molecule has 1 amide bonds. The van der Waals surface area contributed by atoms with Crippen LogP contribution in [0.5, 0.6) is 0 Å². The summed E-state index contributed by atoms with van der Waals surface area (Å²) in [6.45, 7) is 0.0149. The summed E-state index contributed by atoms with van der Waals surface area (Å²) in [4.78, 5) is 21.6. The molecule has 2 saturated heterocycles. The van der Waals surface area contributed by atoms with Crippen LogP contribution >= 0.6 is 0 Å². The molecule has 3 heterocycles. The molecule has 1 aromatic carbocycles. The van der Waals surface area contributed by atoms with Crippen LogP contribution in [-0.4, -0.2) is 83.9 Å². The number of alkyl halides is 2. The molecule has 0 unspecified atom stereocenters. The highest BCUT2D eigenvalue weighted by atomic mass is 32.2. The number of aromatic nitrogens is 2. The van der Waals surface area contributed by atoms with Crippen LogP contribution in [0.4, 0.5) is 8.78 Å². The van der Waals surface area contributed by atoms with Crippen molar-refractivity contribution in [1.82, 2.24) is 24.5 Å². The van der Waals surface area contributed by atoms with Crippen LogP contribution < -0.4 is 5.32 Å². The highest BCUT2D eigenvalue weighted by Crippen LogP contribution is 2.35.